The van der Waals surface area contributed by atoms with Crippen LogP contribution in [0.15, 0.2) is 12.7 Å². The first-order chi connectivity index (χ1) is 13.9. The van der Waals surface area contributed by atoms with Crippen LogP contribution in [0.3, 0.4) is 0 Å². The van der Waals surface area contributed by atoms with Gasteiger partial charge in [0.15, 0.2) is 0 Å². The van der Waals surface area contributed by atoms with Gasteiger partial charge in [-0.2, -0.15) is 0 Å². The van der Waals surface area contributed by atoms with E-state index in [4.69, 9.17) is 0 Å². The minimum Gasteiger partial charge on any atom is -0.748 e. The summed E-state index contributed by atoms with van der Waals surface area (Å²) < 4.78 is 32.9. The number of nitrogens with one attached hydrogen (secondary N) is 1. The van der Waals surface area contributed by atoms with Crippen molar-refractivity contribution in [3.63, 3.8) is 0 Å². The standard InChI is InChI=1S/C23H45NO4S.Na/c1-3-5-6-7-8-9-10-11-12-13-14-15-16-17-18-19-20-22(21-29(26,27)28)24-23(25)4-2;/h4,22H,2-3,5-21H2,1H3,(H,24,25)(H,26,27,28);/q;+1/p-1. The summed E-state index contributed by atoms with van der Waals surface area (Å²) >= 11 is 0. The van der Waals surface area contributed by atoms with Crippen molar-refractivity contribution in [2.75, 3.05) is 5.75 Å². The molecule has 30 heavy (non-hydrogen) atoms. The smallest absolute Gasteiger partial charge is 0.748 e. The Morgan fingerprint density at radius 1 is 0.833 bits per heavy atom. The van der Waals surface area contributed by atoms with Gasteiger partial charge in [0.1, 0.15) is 0 Å². The molecule has 172 valence electrons. The van der Waals surface area contributed by atoms with Crippen molar-refractivity contribution < 1.29 is 47.3 Å². The summed E-state index contributed by atoms with van der Waals surface area (Å²) in [6, 6.07) is -0.616. The molecule has 1 unspecified atom stereocenters. The molecule has 7 heteroatoms. The van der Waals surface area contributed by atoms with Crippen molar-refractivity contribution in [3.8, 4) is 0 Å². The van der Waals surface area contributed by atoms with E-state index in [1.165, 1.54) is 83.5 Å². The van der Waals surface area contributed by atoms with E-state index in [0.717, 1.165) is 25.3 Å². The molecule has 0 bridgehead atoms. The Labute approximate surface area is 208 Å². The van der Waals surface area contributed by atoms with Gasteiger partial charge in [0, 0.05) is 6.04 Å². The molecule has 0 rings (SSSR count). The quantitative estimate of drug-likeness (QED) is 0.125. The van der Waals surface area contributed by atoms with E-state index in [9.17, 15) is 17.8 Å². The summed E-state index contributed by atoms with van der Waals surface area (Å²) in [4.78, 5) is 11.4. The van der Waals surface area contributed by atoms with Gasteiger partial charge in [0.25, 0.3) is 0 Å². The van der Waals surface area contributed by atoms with E-state index in [2.05, 4.69) is 18.8 Å². The summed E-state index contributed by atoms with van der Waals surface area (Å²) in [6.45, 7) is 5.61. The van der Waals surface area contributed by atoms with Gasteiger partial charge in [-0.3, -0.25) is 4.79 Å². The van der Waals surface area contributed by atoms with Crippen molar-refractivity contribution in [2.45, 2.75) is 122 Å². The molecule has 0 aliphatic rings. The number of hydrogen-bond donors (Lipinski definition) is 1. The van der Waals surface area contributed by atoms with Crippen LogP contribution < -0.4 is 34.9 Å². The van der Waals surface area contributed by atoms with E-state index in [1.807, 2.05) is 0 Å². The van der Waals surface area contributed by atoms with Crippen LogP contribution in [0.4, 0.5) is 0 Å². The van der Waals surface area contributed by atoms with Crippen LogP contribution >= 0.6 is 0 Å². The molecular weight excluding hydrogens is 409 g/mol. The Hall–Kier alpha value is 0.120. The first-order valence-corrected chi connectivity index (χ1v) is 13.3. The Balaban J connectivity index is 0. The monoisotopic (exact) mass is 453 g/mol. The van der Waals surface area contributed by atoms with Crippen LogP contribution in [0, 0.1) is 0 Å². The van der Waals surface area contributed by atoms with E-state index >= 15 is 0 Å². The maximum absolute atomic E-state index is 11.4. The van der Waals surface area contributed by atoms with Crippen LogP contribution in [0.1, 0.15) is 116 Å². The number of rotatable bonds is 21. The molecule has 0 aromatic rings. The molecule has 0 saturated heterocycles. The number of unbranched alkanes of at least 4 members (excludes halogenated alkanes) is 15. The number of carbonyl (C=O) groups is 1. The molecule has 0 aliphatic carbocycles. The van der Waals surface area contributed by atoms with Gasteiger partial charge in [-0.15, -0.1) is 0 Å². The SMILES string of the molecule is C=CC(=O)NC(CCCCCCCCCCCCCCCCCC)CS(=O)(=O)[O-].[Na+]. The molecule has 0 heterocycles. The van der Waals surface area contributed by atoms with Gasteiger partial charge in [0.05, 0.1) is 15.9 Å². The Morgan fingerprint density at radius 3 is 1.53 bits per heavy atom. The third kappa shape index (κ3) is 24.4. The first-order valence-electron chi connectivity index (χ1n) is 11.8. The van der Waals surface area contributed by atoms with Crippen LogP contribution in [-0.4, -0.2) is 30.7 Å². The van der Waals surface area contributed by atoms with E-state index in [-0.39, 0.29) is 29.6 Å². The second-order valence-electron chi connectivity index (χ2n) is 8.23. The Bertz CT molecular complexity index is 511. The third-order valence-corrected chi connectivity index (χ3v) is 6.15. The summed E-state index contributed by atoms with van der Waals surface area (Å²) in [5.74, 6) is -0.985. The van der Waals surface area contributed by atoms with Crippen molar-refractivity contribution >= 4 is 16.0 Å². The zero-order chi connectivity index (χ0) is 21.8. The summed E-state index contributed by atoms with van der Waals surface area (Å²) in [7, 11) is -4.35. The predicted molar refractivity (Wildman–Crippen MR) is 121 cm³/mol. The van der Waals surface area contributed by atoms with Gasteiger partial charge in [-0.25, -0.2) is 8.42 Å². The molecule has 0 spiro atoms. The third-order valence-electron chi connectivity index (χ3n) is 5.34. The van der Waals surface area contributed by atoms with Crippen LogP contribution in [0.2, 0.25) is 0 Å². The van der Waals surface area contributed by atoms with Crippen molar-refractivity contribution in [3.05, 3.63) is 12.7 Å². The maximum atomic E-state index is 11.4. The number of hydrogen-bond acceptors (Lipinski definition) is 4. The van der Waals surface area contributed by atoms with Crippen molar-refractivity contribution in [1.29, 1.82) is 0 Å². The molecule has 0 saturated carbocycles. The zero-order valence-electron chi connectivity index (χ0n) is 19.6. The normalized spacial score (nSPS) is 12.2. The average Bonchev–Trinajstić information content (AvgIpc) is 2.66. The van der Waals surface area contributed by atoms with E-state index in [1.54, 1.807) is 0 Å². The molecular formula is C23H44NNaO4S. The van der Waals surface area contributed by atoms with Crippen LogP contribution in [0.5, 0.6) is 0 Å². The molecule has 5 nitrogen and oxygen atoms in total. The Morgan fingerprint density at radius 2 is 1.20 bits per heavy atom. The van der Waals surface area contributed by atoms with Gasteiger partial charge < -0.3 is 9.87 Å². The topological polar surface area (TPSA) is 86.3 Å². The average molecular weight is 454 g/mol. The molecule has 0 aliphatic heterocycles. The molecule has 0 radical (unpaired) electrons. The maximum Gasteiger partial charge on any atom is 1.00 e. The second-order valence-corrected chi connectivity index (χ2v) is 9.67. The fourth-order valence-corrected chi connectivity index (χ4v) is 4.39. The number of carbonyl (C=O) groups excluding carboxylic acids is 1. The minimum absolute atomic E-state index is 0. The second kappa shape index (κ2) is 22.3. The van der Waals surface area contributed by atoms with E-state index in [0.29, 0.717) is 6.42 Å². The zero-order valence-corrected chi connectivity index (χ0v) is 22.4. The van der Waals surface area contributed by atoms with Gasteiger partial charge in [-0.05, 0) is 12.5 Å². The van der Waals surface area contributed by atoms with Crippen molar-refractivity contribution in [2.24, 2.45) is 0 Å². The first kappa shape index (κ1) is 32.3. The molecule has 0 aromatic heterocycles. The van der Waals surface area contributed by atoms with Crippen LogP contribution in [-0.2, 0) is 14.9 Å². The molecule has 1 amide bonds. The van der Waals surface area contributed by atoms with Gasteiger partial charge in [-0.1, -0.05) is 116 Å². The minimum atomic E-state index is -4.35. The molecule has 0 aromatic carbocycles. The number of amides is 1. The van der Waals surface area contributed by atoms with Crippen molar-refractivity contribution in [1.82, 2.24) is 5.32 Å². The fourth-order valence-electron chi connectivity index (χ4n) is 3.64. The summed E-state index contributed by atoms with van der Waals surface area (Å²) in [5.41, 5.74) is 0. The molecule has 1 atom stereocenters. The largest absolute Gasteiger partial charge is 1.00 e. The fraction of sp³-hybridized carbons (Fsp3) is 0.870. The molecule has 1 N–H and O–H groups in total. The van der Waals surface area contributed by atoms with Gasteiger partial charge in [0.2, 0.25) is 5.91 Å². The van der Waals surface area contributed by atoms with E-state index < -0.39 is 27.8 Å². The van der Waals surface area contributed by atoms with Gasteiger partial charge >= 0.3 is 29.6 Å². The summed E-state index contributed by atoms with van der Waals surface area (Å²) in [6.07, 6.45) is 22.0. The Kier molecular flexibility index (Phi) is 24.0. The summed E-state index contributed by atoms with van der Waals surface area (Å²) in [5, 5.41) is 2.54. The van der Waals surface area contributed by atoms with Crippen LogP contribution in [0.25, 0.3) is 0 Å². The molecule has 0 fully saturated rings. The predicted octanol–water partition coefficient (Wildman–Crippen LogP) is 2.86.